The number of methoxy groups -OCH3 is 1. The van der Waals surface area contributed by atoms with E-state index < -0.39 is 0 Å². The number of ether oxygens (including phenoxy) is 1. The molecule has 1 atom stereocenters. The van der Waals surface area contributed by atoms with Crippen molar-refractivity contribution in [3.05, 3.63) is 71.8 Å². The van der Waals surface area contributed by atoms with Gasteiger partial charge in [-0.1, -0.05) is 106 Å². The highest BCUT2D eigenvalue weighted by Crippen LogP contribution is 2.38. The molecule has 25 heavy (non-hydrogen) atoms. The summed E-state index contributed by atoms with van der Waals surface area (Å²) in [6, 6.07) is 21.7. The van der Waals surface area contributed by atoms with Gasteiger partial charge < -0.3 is 4.74 Å². The van der Waals surface area contributed by atoms with Gasteiger partial charge in [0.05, 0.1) is 6.10 Å². The molecule has 1 unspecified atom stereocenters. The Bertz CT molecular complexity index is 536. The molecule has 0 aliphatic heterocycles. The zero-order valence-corrected chi connectivity index (χ0v) is 16.2. The van der Waals surface area contributed by atoms with Crippen LogP contribution >= 0.6 is 0 Å². The third kappa shape index (κ3) is 5.19. The van der Waals surface area contributed by atoms with Crippen molar-refractivity contribution >= 4 is 0 Å². The second-order valence-corrected chi connectivity index (χ2v) is 7.22. The number of hydrogen-bond donors (Lipinski definition) is 0. The van der Waals surface area contributed by atoms with Crippen molar-refractivity contribution in [1.82, 2.24) is 0 Å². The van der Waals surface area contributed by atoms with Crippen molar-refractivity contribution in [1.29, 1.82) is 0 Å². The van der Waals surface area contributed by atoms with Gasteiger partial charge in [-0.15, -0.1) is 0 Å². The van der Waals surface area contributed by atoms with Gasteiger partial charge in [0.2, 0.25) is 0 Å². The fourth-order valence-electron chi connectivity index (χ4n) is 3.86. The lowest BCUT2D eigenvalue weighted by Gasteiger charge is -2.38. The molecule has 2 aromatic carbocycles. The summed E-state index contributed by atoms with van der Waals surface area (Å²) < 4.78 is 6.05. The fourth-order valence-corrected chi connectivity index (χ4v) is 3.86. The minimum absolute atomic E-state index is 0.124. The molecule has 0 heterocycles. The molecule has 0 radical (unpaired) electrons. The van der Waals surface area contributed by atoms with Gasteiger partial charge >= 0.3 is 0 Å². The van der Waals surface area contributed by atoms with Crippen LogP contribution in [0.4, 0.5) is 0 Å². The molecule has 0 N–H and O–H groups in total. The van der Waals surface area contributed by atoms with Crippen LogP contribution in [0.15, 0.2) is 60.7 Å². The van der Waals surface area contributed by atoms with Crippen LogP contribution in [0.25, 0.3) is 0 Å². The Hall–Kier alpha value is -1.60. The standard InChI is InChI=1S/C24H34O/c1-4-5-6-7-8-15-20-23(25-3)24(2,21-16-11-9-12-17-21)22-18-13-10-14-19-22/h9-14,16-19,23H,4-8,15,20H2,1-3H3. The first-order chi connectivity index (χ1) is 12.2. The number of hydrogen-bond acceptors (Lipinski definition) is 1. The summed E-state index contributed by atoms with van der Waals surface area (Å²) in [7, 11) is 1.87. The average molecular weight is 339 g/mol. The van der Waals surface area contributed by atoms with Gasteiger partial charge in [0.15, 0.2) is 0 Å². The van der Waals surface area contributed by atoms with E-state index in [4.69, 9.17) is 4.74 Å². The number of unbranched alkanes of at least 4 members (excludes halogenated alkanes) is 5. The second-order valence-electron chi connectivity index (χ2n) is 7.22. The Morgan fingerprint density at radius 2 is 1.24 bits per heavy atom. The summed E-state index contributed by atoms with van der Waals surface area (Å²) in [6.45, 7) is 4.61. The second kappa shape index (κ2) is 10.4. The molecule has 0 aliphatic carbocycles. The van der Waals surface area contributed by atoms with E-state index in [9.17, 15) is 0 Å². The largest absolute Gasteiger partial charge is 0.380 e. The lowest BCUT2D eigenvalue weighted by atomic mass is 9.70. The van der Waals surface area contributed by atoms with Crippen LogP contribution in [0, 0.1) is 0 Å². The van der Waals surface area contributed by atoms with Crippen LogP contribution in [0.1, 0.15) is 69.9 Å². The predicted octanol–water partition coefficient (Wildman–Crippen LogP) is 6.76. The Balaban J connectivity index is 2.16. The molecule has 1 nitrogen and oxygen atoms in total. The molecule has 0 saturated heterocycles. The van der Waals surface area contributed by atoms with Crippen molar-refractivity contribution in [2.45, 2.75) is 70.3 Å². The zero-order chi connectivity index (χ0) is 18.0. The minimum Gasteiger partial charge on any atom is -0.380 e. The Morgan fingerprint density at radius 1 is 0.760 bits per heavy atom. The van der Waals surface area contributed by atoms with Crippen LogP contribution < -0.4 is 0 Å². The fraction of sp³-hybridized carbons (Fsp3) is 0.500. The summed E-state index contributed by atoms with van der Waals surface area (Å²) in [5.74, 6) is 0. The van der Waals surface area contributed by atoms with Gasteiger partial charge in [0.1, 0.15) is 0 Å². The van der Waals surface area contributed by atoms with Gasteiger partial charge in [-0.25, -0.2) is 0 Å². The lowest BCUT2D eigenvalue weighted by molar-refractivity contribution is 0.0454. The van der Waals surface area contributed by atoms with E-state index in [1.54, 1.807) is 0 Å². The third-order valence-corrected chi connectivity index (χ3v) is 5.50. The van der Waals surface area contributed by atoms with Crippen molar-refractivity contribution in [2.75, 3.05) is 7.11 Å². The molecule has 2 rings (SSSR count). The molecule has 0 amide bonds. The molecular formula is C24H34O. The van der Waals surface area contributed by atoms with Crippen LogP contribution in [-0.4, -0.2) is 13.2 Å². The third-order valence-electron chi connectivity index (χ3n) is 5.50. The smallest absolute Gasteiger partial charge is 0.0705 e. The molecule has 0 spiro atoms. The summed E-state index contributed by atoms with van der Waals surface area (Å²) >= 11 is 0. The molecule has 0 aromatic heterocycles. The summed E-state index contributed by atoms with van der Waals surface area (Å²) in [5, 5.41) is 0. The molecule has 0 bridgehead atoms. The van der Waals surface area contributed by atoms with Crippen molar-refractivity contribution in [2.24, 2.45) is 0 Å². The van der Waals surface area contributed by atoms with E-state index in [1.807, 2.05) is 7.11 Å². The van der Waals surface area contributed by atoms with Crippen molar-refractivity contribution in [3.63, 3.8) is 0 Å². The first-order valence-electron chi connectivity index (χ1n) is 9.87. The number of rotatable bonds is 11. The van der Waals surface area contributed by atoms with E-state index in [0.29, 0.717) is 0 Å². The van der Waals surface area contributed by atoms with E-state index >= 15 is 0 Å². The van der Waals surface area contributed by atoms with E-state index in [1.165, 1.54) is 49.7 Å². The number of benzene rings is 2. The zero-order valence-electron chi connectivity index (χ0n) is 16.2. The van der Waals surface area contributed by atoms with Crippen LogP contribution in [0.3, 0.4) is 0 Å². The highest BCUT2D eigenvalue weighted by Gasteiger charge is 2.37. The van der Waals surface area contributed by atoms with Gasteiger partial charge in [-0.3, -0.25) is 0 Å². The van der Waals surface area contributed by atoms with Gasteiger partial charge in [-0.2, -0.15) is 0 Å². The molecule has 0 fully saturated rings. The summed E-state index contributed by atoms with van der Waals surface area (Å²) in [5.41, 5.74) is 2.54. The quantitative estimate of drug-likeness (QED) is 0.411. The maximum atomic E-state index is 6.05. The first-order valence-corrected chi connectivity index (χ1v) is 9.87. The van der Waals surface area contributed by atoms with Crippen LogP contribution in [0.2, 0.25) is 0 Å². The van der Waals surface area contributed by atoms with Gasteiger partial charge in [0.25, 0.3) is 0 Å². The van der Waals surface area contributed by atoms with E-state index in [0.717, 1.165) is 6.42 Å². The van der Waals surface area contributed by atoms with Gasteiger partial charge in [-0.05, 0) is 24.5 Å². The molecule has 0 saturated carbocycles. The highest BCUT2D eigenvalue weighted by atomic mass is 16.5. The SMILES string of the molecule is CCCCCCCCC(OC)C(C)(c1ccccc1)c1ccccc1. The molecular weight excluding hydrogens is 304 g/mol. The Kier molecular flexibility index (Phi) is 8.21. The van der Waals surface area contributed by atoms with E-state index in [-0.39, 0.29) is 11.5 Å². The molecule has 1 heteroatoms. The normalized spacial score (nSPS) is 12.9. The topological polar surface area (TPSA) is 9.23 Å². The highest BCUT2D eigenvalue weighted by molar-refractivity contribution is 5.40. The maximum absolute atomic E-state index is 6.05. The Morgan fingerprint density at radius 3 is 1.72 bits per heavy atom. The van der Waals surface area contributed by atoms with Crippen molar-refractivity contribution < 1.29 is 4.74 Å². The molecule has 2 aromatic rings. The maximum Gasteiger partial charge on any atom is 0.0705 e. The Labute approximate surface area is 154 Å². The lowest BCUT2D eigenvalue weighted by Crippen LogP contribution is -2.39. The van der Waals surface area contributed by atoms with Crippen LogP contribution in [-0.2, 0) is 10.2 Å². The van der Waals surface area contributed by atoms with E-state index in [2.05, 4.69) is 74.5 Å². The predicted molar refractivity (Wildman–Crippen MR) is 108 cm³/mol. The summed E-state index contributed by atoms with van der Waals surface area (Å²) in [4.78, 5) is 0. The van der Waals surface area contributed by atoms with Crippen LogP contribution in [0.5, 0.6) is 0 Å². The monoisotopic (exact) mass is 338 g/mol. The summed E-state index contributed by atoms with van der Waals surface area (Å²) in [6.07, 6.45) is 9.20. The average Bonchev–Trinajstić information content (AvgIpc) is 2.68. The minimum atomic E-state index is -0.124. The molecule has 0 aliphatic rings. The first kappa shape index (κ1) is 19.7. The molecule has 136 valence electrons. The van der Waals surface area contributed by atoms with Crippen molar-refractivity contribution in [3.8, 4) is 0 Å². The van der Waals surface area contributed by atoms with Gasteiger partial charge in [0, 0.05) is 12.5 Å².